The van der Waals surface area contributed by atoms with Crippen molar-refractivity contribution in [1.82, 2.24) is 0 Å². The molecule has 0 aromatic heterocycles. The number of benzene rings is 2. The predicted octanol–water partition coefficient (Wildman–Crippen LogP) is 2.95. The van der Waals surface area contributed by atoms with Crippen LogP contribution in [0.3, 0.4) is 0 Å². The van der Waals surface area contributed by atoms with E-state index in [0.29, 0.717) is 5.69 Å². The number of nitro groups is 1. The summed E-state index contributed by atoms with van der Waals surface area (Å²) < 4.78 is 27.2. The van der Waals surface area contributed by atoms with Crippen molar-refractivity contribution in [2.24, 2.45) is 0 Å². The molecule has 1 aliphatic rings. The lowest BCUT2D eigenvalue weighted by Gasteiger charge is -2.28. The average molecular weight is 379 g/mol. The van der Waals surface area contributed by atoms with Crippen LogP contribution in [-0.2, 0) is 10.0 Å². The highest BCUT2D eigenvalue weighted by Crippen LogP contribution is 2.23. The van der Waals surface area contributed by atoms with E-state index in [1.165, 1.54) is 24.3 Å². The molecular weight excluding hydrogens is 362 g/mol. The van der Waals surface area contributed by atoms with Gasteiger partial charge in [0.15, 0.2) is 0 Å². The summed E-state index contributed by atoms with van der Waals surface area (Å²) in [6.45, 7) is 1.97. The molecule has 0 unspecified atom stereocenters. The van der Waals surface area contributed by atoms with E-state index >= 15 is 0 Å². The number of rotatable bonds is 5. The van der Waals surface area contributed by atoms with E-state index in [1.807, 2.05) is 23.9 Å². The van der Waals surface area contributed by atoms with Gasteiger partial charge >= 0.3 is 0 Å². The van der Waals surface area contributed by atoms with Crippen LogP contribution in [0.25, 0.3) is 0 Å². The molecule has 1 saturated heterocycles. The number of thioether (sulfide) groups is 1. The summed E-state index contributed by atoms with van der Waals surface area (Å²) in [5, 5.41) is 10.7. The van der Waals surface area contributed by atoms with Crippen LogP contribution in [0.1, 0.15) is 0 Å². The summed E-state index contributed by atoms with van der Waals surface area (Å²) in [5.74, 6) is 2.18. The van der Waals surface area contributed by atoms with E-state index in [1.54, 1.807) is 12.1 Å². The normalized spacial score (nSPS) is 15.0. The fourth-order valence-electron chi connectivity index (χ4n) is 2.52. The molecule has 0 amide bonds. The molecule has 2 aromatic carbocycles. The molecule has 1 heterocycles. The molecule has 2 aromatic rings. The van der Waals surface area contributed by atoms with Crippen molar-refractivity contribution in [3.8, 4) is 0 Å². The Bertz CT molecular complexity index is 846. The number of nitro benzene ring substituents is 1. The molecule has 9 heteroatoms. The minimum Gasteiger partial charge on any atom is -0.370 e. The van der Waals surface area contributed by atoms with E-state index in [2.05, 4.69) is 9.62 Å². The van der Waals surface area contributed by atoms with E-state index in [9.17, 15) is 18.5 Å². The van der Waals surface area contributed by atoms with Gasteiger partial charge < -0.3 is 4.90 Å². The van der Waals surface area contributed by atoms with Crippen LogP contribution >= 0.6 is 11.8 Å². The zero-order valence-corrected chi connectivity index (χ0v) is 14.9. The van der Waals surface area contributed by atoms with Crippen LogP contribution in [0.2, 0.25) is 0 Å². The standard InChI is InChI=1S/C16H17N3O4S2/c20-19(21)15-5-7-16(8-6-15)25(22,23)17-13-1-3-14(4-2-13)18-9-11-24-12-10-18/h1-8,17H,9-12H2. The summed E-state index contributed by atoms with van der Waals surface area (Å²) in [6, 6.07) is 12.0. The Labute approximate surface area is 150 Å². The highest BCUT2D eigenvalue weighted by molar-refractivity contribution is 7.99. The van der Waals surface area contributed by atoms with Gasteiger partial charge in [-0.1, -0.05) is 0 Å². The van der Waals surface area contributed by atoms with Crippen molar-refractivity contribution in [2.75, 3.05) is 34.2 Å². The van der Waals surface area contributed by atoms with Crippen molar-refractivity contribution in [1.29, 1.82) is 0 Å². The number of nitrogens with zero attached hydrogens (tertiary/aromatic N) is 2. The van der Waals surface area contributed by atoms with Gasteiger partial charge in [-0.05, 0) is 36.4 Å². The van der Waals surface area contributed by atoms with Crippen molar-refractivity contribution in [3.63, 3.8) is 0 Å². The van der Waals surface area contributed by atoms with Crippen molar-refractivity contribution in [3.05, 3.63) is 58.6 Å². The zero-order chi connectivity index (χ0) is 17.9. The van der Waals surface area contributed by atoms with Crippen LogP contribution in [0.5, 0.6) is 0 Å². The summed E-state index contributed by atoms with van der Waals surface area (Å²) in [5.41, 5.74) is 1.37. The molecule has 0 spiro atoms. The predicted molar refractivity (Wildman–Crippen MR) is 99.9 cm³/mol. The lowest BCUT2D eigenvalue weighted by atomic mass is 10.2. The maximum atomic E-state index is 12.4. The molecular formula is C16H17N3O4S2. The molecule has 1 N–H and O–H groups in total. The monoisotopic (exact) mass is 379 g/mol. The maximum Gasteiger partial charge on any atom is 0.269 e. The molecule has 3 rings (SSSR count). The third-order valence-corrected chi connectivity index (χ3v) is 6.19. The molecule has 0 aliphatic carbocycles. The fraction of sp³-hybridized carbons (Fsp3) is 0.250. The number of hydrogen-bond acceptors (Lipinski definition) is 6. The first-order chi connectivity index (χ1) is 12.0. The minimum absolute atomic E-state index is 0.0183. The highest BCUT2D eigenvalue weighted by atomic mass is 32.2. The Morgan fingerprint density at radius 2 is 1.60 bits per heavy atom. The first-order valence-electron chi connectivity index (χ1n) is 7.66. The number of sulfonamides is 1. The molecule has 0 radical (unpaired) electrons. The van der Waals surface area contributed by atoms with Gasteiger partial charge in [0.2, 0.25) is 0 Å². The Morgan fingerprint density at radius 1 is 1.00 bits per heavy atom. The van der Waals surface area contributed by atoms with Gasteiger partial charge in [-0.25, -0.2) is 8.42 Å². The van der Waals surface area contributed by atoms with Gasteiger partial charge in [0.05, 0.1) is 9.82 Å². The average Bonchev–Trinajstić information content (AvgIpc) is 2.63. The van der Waals surface area contributed by atoms with Gasteiger partial charge in [-0.15, -0.1) is 0 Å². The highest BCUT2D eigenvalue weighted by Gasteiger charge is 2.16. The zero-order valence-electron chi connectivity index (χ0n) is 13.3. The number of anilines is 2. The summed E-state index contributed by atoms with van der Waals surface area (Å²) in [4.78, 5) is 12.3. The quantitative estimate of drug-likeness (QED) is 0.634. The summed E-state index contributed by atoms with van der Waals surface area (Å²) >= 11 is 1.93. The molecule has 1 fully saturated rings. The van der Waals surface area contributed by atoms with E-state index in [4.69, 9.17) is 0 Å². The molecule has 1 aliphatic heterocycles. The van der Waals surface area contributed by atoms with Gasteiger partial charge in [0, 0.05) is 48.1 Å². The Kier molecular flexibility index (Phi) is 5.14. The largest absolute Gasteiger partial charge is 0.370 e. The second kappa shape index (κ2) is 7.32. The van der Waals surface area contributed by atoms with Crippen LogP contribution < -0.4 is 9.62 Å². The lowest BCUT2D eigenvalue weighted by molar-refractivity contribution is -0.384. The van der Waals surface area contributed by atoms with Crippen LogP contribution in [0.4, 0.5) is 17.1 Å². The smallest absolute Gasteiger partial charge is 0.269 e. The number of hydrogen-bond donors (Lipinski definition) is 1. The molecule has 7 nitrogen and oxygen atoms in total. The van der Waals surface area contributed by atoms with Crippen molar-refractivity contribution < 1.29 is 13.3 Å². The second-order valence-corrected chi connectivity index (χ2v) is 8.41. The fourth-order valence-corrected chi connectivity index (χ4v) is 4.48. The maximum absolute atomic E-state index is 12.4. The molecule has 0 bridgehead atoms. The van der Waals surface area contributed by atoms with Gasteiger partial charge in [-0.3, -0.25) is 14.8 Å². The van der Waals surface area contributed by atoms with E-state index < -0.39 is 14.9 Å². The molecule has 132 valence electrons. The van der Waals surface area contributed by atoms with Crippen LogP contribution in [0, 0.1) is 10.1 Å². The minimum atomic E-state index is -3.78. The third-order valence-electron chi connectivity index (χ3n) is 3.85. The van der Waals surface area contributed by atoms with Crippen LogP contribution in [0.15, 0.2) is 53.4 Å². The Balaban J connectivity index is 1.73. The van der Waals surface area contributed by atoms with E-state index in [0.717, 1.165) is 30.3 Å². The molecule has 0 atom stereocenters. The van der Waals surface area contributed by atoms with Gasteiger partial charge in [-0.2, -0.15) is 11.8 Å². The summed E-state index contributed by atoms with van der Waals surface area (Å²) in [7, 11) is -3.78. The SMILES string of the molecule is O=[N+]([O-])c1ccc(S(=O)(=O)Nc2ccc(N3CCSCC3)cc2)cc1. The molecule has 0 saturated carbocycles. The number of nitrogens with one attached hydrogen (secondary N) is 1. The summed E-state index contributed by atoms with van der Waals surface area (Å²) in [6.07, 6.45) is 0. The van der Waals surface area contributed by atoms with Crippen molar-refractivity contribution >= 4 is 38.8 Å². The van der Waals surface area contributed by atoms with Crippen LogP contribution in [-0.4, -0.2) is 37.9 Å². The molecule has 25 heavy (non-hydrogen) atoms. The van der Waals surface area contributed by atoms with Gasteiger partial charge in [0.25, 0.3) is 15.7 Å². The first kappa shape index (κ1) is 17.6. The van der Waals surface area contributed by atoms with E-state index in [-0.39, 0.29) is 10.6 Å². The number of non-ortho nitro benzene ring substituents is 1. The Morgan fingerprint density at radius 3 is 2.16 bits per heavy atom. The van der Waals surface area contributed by atoms with Gasteiger partial charge in [0.1, 0.15) is 0 Å². The first-order valence-corrected chi connectivity index (χ1v) is 10.3. The third kappa shape index (κ3) is 4.23. The second-order valence-electron chi connectivity index (χ2n) is 5.50. The Hall–Kier alpha value is -2.26. The topological polar surface area (TPSA) is 92.5 Å². The van der Waals surface area contributed by atoms with Crippen molar-refractivity contribution in [2.45, 2.75) is 4.90 Å². The lowest BCUT2D eigenvalue weighted by Crippen LogP contribution is -2.32.